The van der Waals surface area contributed by atoms with Crippen molar-refractivity contribution in [2.75, 3.05) is 27.7 Å². The molecule has 0 aromatic rings. The molecule has 0 aromatic heterocycles. The zero-order valence-corrected chi connectivity index (χ0v) is 32.5. The molecule has 0 N–H and O–H groups in total. The number of carbonyl (C=O) groups excluding carboxylic acids is 1. The van der Waals surface area contributed by atoms with Crippen LogP contribution in [0, 0.1) is 0 Å². The summed E-state index contributed by atoms with van der Waals surface area (Å²) in [6.45, 7) is 5.30. The number of nitrogens with zero attached hydrogens (tertiary/aromatic N) is 1. The molecule has 0 amide bonds. The summed E-state index contributed by atoms with van der Waals surface area (Å²) in [5, 5.41) is 0. The van der Waals surface area contributed by atoms with Gasteiger partial charge in [0.2, 0.25) is 0 Å². The van der Waals surface area contributed by atoms with Crippen molar-refractivity contribution >= 4 is 15.2 Å². The van der Waals surface area contributed by atoms with Gasteiger partial charge in [-0.1, -0.05) is 174 Å². The predicted molar refractivity (Wildman–Crippen MR) is 204 cm³/mol. The van der Waals surface area contributed by atoms with Crippen molar-refractivity contribution in [1.29, 1.82) is 0 Å². The van der Waals surface area contributed by atoms with Gasteiger partial charge in [0.1, 0.15) is 12.1 Å². The Morgan fingerprint density at radius 1 is 0.533 bits per heavy atom. The third-order valence-electron chi connectivity index (χ3n) is 9.53. The Hall–Kier alpha value is -0.240. The molecule has 4 heteroatoms. The summed E-state index contributed by atoms with van der Waals surface area (Å²) >= 11 is 0. The van der Waals surface area contributed by atoms with Crippen LogP contribution in [-0.4, -0.2) is 43.6 Å². The quantitative estimate of drug-likeness (QED) is 0.0292. The van der Waals surface area contributed by atoms with Crippen molar-refractivity contribution in [1.82, 2.24) is 0 Å². The molecule has 0 radical (unpaired) electrons. The Bertz CT molecular complexity index is 658. The van der Waals surface area contributed by atoms with Crippen LogP contribution in [0.15, 0.2) is 12.2 Å². The van der Waals surface area contributed by atoms with Gasteiger partial charge in [-0.2, -0.15) is 0 Å². The second-order valence-corrected chi connectivity index (χ2v) is 15.6. The van der Waals surface area contributed by atoms with Gasteiger partial charge in [-0.05, 0) is 44.9 Å². The fourth-order valence-corrected chi connectivity index (χ4v) is 7.04. The highest BCUT2D eigenvalue weighted by atomic mass is 31.0. The Kier molecular flexibility index (Phi) is 32.1. The van der Waals surface area contributed by atoms with Crippen molar-refractivity contribution in [2.24, 2.45) is 0 Å². The van der Waals surface area contributed by atoms with E-state index in [4.69, 9.17) is 4.52 Å². The number of carbonyl (C=O) groups is 1. The minimum absolute atomic E-state index is 0.295. The first-order chi connectivity index (χ1) is 21.8. The van der Waals surface area contributed by atoms with E-state index in [-0.39, 0.29) is 0 Å². The summed E-state index contributed by atoms with van der Waals surface area (Å²) < 4.78 is 6.65. The maximum atomic E-state index is 13.5. The van der Waals surface area contributed by atoms with Gasteiger partial charge in [0.25, 0.3) is 0 Å². The number of rotatable bonds is 36. The highest BCUT2D eigenvalue weighted by Crippen LogP contribution is 2.29. The molecule has 0 saturated carbocycles. The molecule has 0 aliphatic rings. The summed E-state index contributed by atoms with van der Waals surface area (Å²) in [5.74, 6) is 0.295. The highest BCUT2D eigenvalue weighted by Gasteiger charge is 2.39. The van der Waals surface area contributed by atoms with Gasteiger partial charge in [-0.15, -0.1) is 0 Å². The molecule has 0 heterocycles. The van der Waals surface area contributed by atoms with E-state index in [9.17, 15) is 4.79 Å². The first-order valence-electron chi connectivity index (χ1n) is 20.1. The number of ketones is 1. The largest absolute Gasteiger partial charge is 0.547 e. The van der Waals surface area contributed by atoms with Crippen LogP contribution in [0.2, 0.25) is 0 Å². The predicted octanol–water partition coefficient (Wildman–Crippen LogP) is 13.8. The molecule has 0 saturated heterocycles. The molecular weight excluding hydrogens is 569 g/mol. The summed E-state index contributed by atoms with van der Waals surface area (Å²) in [6, 6.07) is 0. The first-order valence-corrected chi connectivity index (χ1v) is 20.6. The monoisotopic (exact) mass is 652 g/mol. The summed E-state index contributed by atoms with van der Waals surface area (Å²) in [7, 11) is 9.89. The highest BCUT2D eigenvalue weighted by molar-refractivity contribution is 7.10. The molecule has 268 valence electrons. The van der Waals surface area contributed by atoms with E-state index in [1.54, 1.807) is 0 Å². The van der Waals surface area contributed by atoms with Crippen LogP contribution >= 0.6 is 9.47 Å². The third-order valence-corrected chi connectivity index (χ3v) is 9.92. The smallest absolute Gasteiger partial charge is 0.167 e. The van der Waals surface area contributed by atoms with Crippen LogP contribution in [-0.2, 0) is 9.32 Å². The topological polar surface area (TPSA) is 26.3 Å². The van der Waals surface area contributed by atoms with Crippen LogP contribution in [0.1, 0.15) is 213 Å². The van der Waals surface area contributed by atoms with Gasteiger partial charge in [0, 0.05) is 6.42 Å². The van der Waals surface area contributed by atoms with E-state index in [1.165, 1.54) is 167 Å². The molecule has 0 fully saturated rings. The fourth-order valence-electron chi connectivity index (χ4n) is 6.76. The number of unbranched alkanes of at least 4 members (excludes halogenated alkanes) is 26. The third kappa shape index (κ3) is 29.6. The first kappa shape index (κ1) is 44.8. The molecular formula is C41H82NO2P. The van der Waals surface area contributed by atoms with E-state index in [2.05, 4.69) is 56.6 Å². The number of hydrogen-bond acceptors (Lipinski definition) is 2. The van der Waals surface area contributed by atoms with Gasteiger partial charge in [-0.25, -0.2) is 0 Å². The summed E-state index contributed by atoms with van der Waals surface area (Å²) in [5.41, 5.74) is -0.702. The van der Waals surface area contributed by atoms with Crippen molar-refractivity contribution in [3.05, 3.63) is 12.2 Å². The lowest BCUT2D eigenvalue weighted by atomic mass is 9.87. The number of quaternary nitrogens is 1. The van der Waals surface area contributed by atoms with Gasteiger partial charge < -0.3 is 18.5 Å². The van der Waals surface area contributed by atoms with Crippen molar-refractivity contribution in [2.45, 2.75) is 218 Å². The molecule has 3 nitrogen and oxygen atoms in total. The molecule has 1 unspecified atom stereocenters. The van der Waals surface area contributed by atoms with E-state index in [0.29, 0.717) is 12.2 Å². The molecule has 0 aromatic carbocycles. The van der Waals surface area contributed by atoms with E-state index in [0.717, 1.165) is 36.7 Å². The molecule has 0 aliphatic heterocycles. The maximum Gasteiger partial charge on any atom is 0.167 e. The van der Waals surface area contributed by atoms with Gasteiger partial charge >= 0.3 is 0 Å². The Labute approximate surface area is 286 Å². The Morgan fingerprint density at radius 3 is 1.22 bits per heavy atom. The standard InChI is InChI=1S/C41H82NO2P/c1-6-8-10-12-14-16-18-20-22-24-26-28-30-32-34-36-38-41(44-45,39-42(3,4)5)40(43)37-35-33-31-29-27-25-23-21-19-17-15-13-11-9-7-2/h21,23,45H,6-20,22,24-39H2,1-5H3. The zero-order chi connectivity index (χ0) is 33.3. The van der Waals surface area contributed by atoms with Gasteiger partial charge in [-0.3, -0.25) is 4.79 Å². The van der Waals surface area contributed by atoms with Crippen LogP contribution in [0.3, 0.4) is 0 Å². The second-order valence-electron chi connectivity index (χ2n) is 15.4. The average Bonchev–Trinajstić information content (AvgIpc) is 3.01. The van der Waals surface area contributed by atoms with Crippen molar-refractivity contribution < 1.29 is 13.8 Å². The van der Waals surface area contributed by atoms with E-state index in [1.807, 2.05) is 0 Å². The van der Waals surface area contributed by atoms with Gasteiger partial charge in [0.05, 0.1) is 21.1 Å². The molecule has 0 bridgehead atoms. The molecule has 0 spiro atoms. The zero-order valence-electron chi connectivity index (χ0n) is 31.5. The lowest BCUT2D eigenvalue weighted by molar-refractivity contribution is -0.875. The lowest BCUT2D eigenvalue weighted by Crippen LogP contribution is -2.54. The van der Waals surface area contributed by atoms with Crippen molar-refractivity contribution in [3.63, 3.8) is 0 Å². The molecule has 1 atom stereocenters. The van der Waals surface area contributed by atoms with Crippen LogP contribution in [0.4, 0.5) is 0 Å². The summed E-state index contributed by atoms with van der Waals surface area (Å²) in [6.07, 6.45) is 44.7. The normalized spacial score (nSPS) is 13.6. The number of hydrogen-bond donors (Lipinski definition) is 0. The number of likely N-dealkylation sites (N-methyl/N-ethyl adjacent to an activating group) is 1. The maximum absolute atomic E-state index is 13.5. The second kappa shape index (κ2) is 32.3. The Morgan fingerprint density at radius 2 is 0.867 bits per heavy atom. The minimum atomic E-state index is -0.702. The lowest BCUT2D eigenvalue weighted by Gasteiger charge is -2.41. The van der Waals surface area contributed by atoms with Crippen LogP contribution in [0.25, 0.3) is 0 Å². The van der Waals surface area contributed by atoms with Gasteiger partial charge in [0.15, 0.2) is 5.78 Å². The van der Waals surface area contributed by atoms with Crippen LogP contribution < -0.4 is 0 Å². The minimum Gasteiger partial charge on any atom is -0.547 e. The molecule has 45 heavy (non-hydrogen) atoms. The van der Waals surface area contributed by atoms with E-state index >= 15 is 0 Å². The number of Topliss-reactive ketones (excluding diaryl/α,β-unsaturated/α-hetero) is 1. The summed E-state index contributed by atoms with van der Waals surface area (Å²) in [4.78, 5) is 13.5. The fraction of sp³-hybridized carbons (Fsp3) is 0.927. The molecule has 0 aliphatic carbocycles. The molecule has 0 rings (SSSR count). The average molecular weight is 652 g/mol. The number of allylic oxidation sites excluding steroid dienone is 2. The van der Waals surface area contributed by atoms with E-state index < -0.39 is 5.60 Å². The Balaban J connectivity index is 4.04. The van der Waals surface area contributed by atoms with Crippen molar-refractivity contribution in [3.8, 4) is 0 Å². The van der Waals surface area contributed by atoms with Crippen LogP contribution in [0.5, 0.6) is 0 Å². The SMILES string of the molecule is CCCCCCCCC=CCCCCCCCC(=O)C(CCCCCCCCCCCCCCCCCC)(C[N+](C)(C)C)O[PH-].